The third-order valence-electron chi connectivity index (χ3n) is 3.60. The Morgan fingerprint density at radius 1 is 1.50 bits per heavy atom. The molecule has 3 nitrogen and oxygen atoms in total. The Kier molecular flexibility index (Phi) is 4.02. The van der Waals surface area contributed by atoms with Gasteiger partial charge < -0.3 is 5.11 Å². The molecule has 1 aliphatic carbocycles. The van der Waals surface area contributed by atoms with Gasteiger partial charge in [-0.25, -0.2) is 0 Å². The van der Waals surface area contributed by atoms with Gasteiger partial charge in [0.05, 0.1) is 0 Å². The number of nitrogens with one attached hydrogen (secondary N) is 1. The predicted octanol–water partition coefficient (Wildman–Crippen LogP) is 3.08. The Labute approximate surface area is 108 Å². The predicted molar refractivity (Wildman–Crippen MR) is 71.7 cm³/mol. The summed E-state index contributed by atoms with van der Waals surface area (Å²) in [4.78, 5) is 11.4. The van der Waals surface area contributed by atoms with E-state index >= 15 is 0 Å². The molecule has 0 aromatic heterocycles. The van der Waals surface area contributed by atoms with Gasteiger partial charge in [-0.3, -0.25) is 10.1 Å². The number of hydrogen-bond donors (Lipinski definition) is 2. The highest BCUT2D eigenvalue weighted by molar-refractivity contribution is 5.75. The molecule has 0 amide bonds. The highest BCUT2D eigenvalue weighted by Gasteiger charge is 2.26. The van der Waals surface area contributed by atoms with Crippen LogP contribution in [0.25, 0.3) is 0 Å². The lowest BCUT2D eigenvalue weighted by atomic mass is 10.0. The van der Waals surface area contributed by atoms with Gasteiger partial charge in [-0.2, -0.15) is 0 Å². The monoisotopic (exact) mass is 247 g/mol. The topological polar surface area (TPSA) is 49.3 Å². The second kappa shape index (κ2) is 5.53. The fourth-order valence-corrected chi connectivity index (χ4v) is 2.12. The fraction of sp³-hybridized carbons (Fsp3) is 0.533. The van der Waals surface area contributed by atoms with Crippen LogP contribution < -0.4 is 5.32 Å². The summed E-state index contributed by atoms with van der Waals surface area (Å²) in [5, 5.41) is 12.5. The average Bonchev–Trinajstić information content (AvgIpc) is 3.19. The minimum atomic E-state index is -0.803. The van der Waals surface area contributed by atoms with Gasteiger partial charge in [-0.05, 0) is 43.2 Å². The van der Waals surface area contributed by atoms with Crippen molar-refractivity contribution in [3.8, 4) is 0 Å². The van der Waals surface area contributed by atoms with E-state index in [9.17, 15) is 9.90 Å². The maximum absolute atomic E-state index is 11.4. The van der Waals surface area contributed by atoms with E-state index in [1.807, 2.05) is 25.1 Å². The molecule has 0 bridgehead atoms. The number of rotatable bonds is 6. The Hall–Kier alpha value is -1.35. The van der Waals surface area contributed by atoms with Crippen LogP contribution in [-0.4, -0.2) is 17.1 Å². The lowest BCUT2D eigenvalue weighted by Crippen LogP contribution is -2.35. The first-order valence-electron chi connectivity index (χ1n) is 6.70. The van der Waals surface area contributed by atoms with E-state index in [4.69, 9.17) is 0 Å². The maximum Gasteiger partial charge on any atom is 0.325 e. The van der Waals surface area contributed by atoms with Crippen LogP contribution in [0.15, 0.2) is 24.3 Å². The van der Waals surface area contributed by atoms with E-state index in [0.29, 0.717) is 5.92 Å². The van der Waals surface area contributed by atoms with E-state index in [0.717, 1.165) is 12.0 Å². The Morgan fingerprint density at radius 3 is 2.78 bits per heavy atom. The molecule has 0 heterocycles. The second-order valence-corrected chi connectivity index (χ2v) is 5.19. The molecule has 1 fully saturated rings. The molecule has 1 saturated carbocycles. The van der Waals surface area contributed by atoms with E-state index < -0.39 is 12.0 Å². The molecule has 1 aliphatic rings. The summed E-state index contributed by atoms with van der Waals surface area (Å²) in [5.74, 6) is -0.147. The van der Waals surface area contributed by atoms with Crippen LogP contribution in [0.4, 0.5) is 0 Å². The molecule has 0 aliphatic heterocycles. The summed E-state index contributed by atoms with van der Waals surface area (Å²) in [6, 6.07) is 7.63. The first-order valence-corrected chi connectivity index (χ1v) is 6.70. The minimum absolute atomic E-state index is 0.204. The smallest absolute Gasteiger partial charge is 0.325 e. The van der Waals surface area contributed by atoms with Gasteiger partial charge in [-0.15, -0.1) is 0 Å². The highest BCUT2D eigenvalue weighted by atomic mass is 16.4. The third-order valence-corrected chi connectivity index (χ3v) is 3.60. The summed E-state index contributed by atoms with van der Waals surface area (Å²) in [7, 11) is 0. The molecule has 1 aromatic rings. The lowest BCUT2D eigenvalue weighted by Gasteiger charge is -2.20. The summed E-state index contributed by atoms with van der Waals surface area (Å²) < 4.78 is 0. The molecular weight excluding hydrogens is 226 g/mol. The van der Waals surface area contributed by atoms with Crippen molar-refractivity contribution in [1.29, 1.82) is 0 Å². The Bertz CT molecular complexity index is 426. The van der Waals surface area contributed by atoms with E-state index in [2.05, 4.69) is 18.3 Å². The first kappa shape index (κ1) is 13.1. The highest BCUT2D eigenvalue weighted by Crippen LogP contribution is 2.40. The summed E-state index contributed by atoms with van der Waals surface area (Å²) in [6.07, 6.45) is 3.39. The molecule has 2 unspecified atom stereocenters. The van der Waals surface area contributed by atoms with Crippen molar-refractivity contribution in [2.24, 2.45) is 0 Å². The molecule has 18 heavy (non-hydrogen) atoms. The van der Waals surface area contributed by atoms with Crippen molar-refractivity contribution < 1.29 is 9.90 Å². The van der Waals surface area contributed by atoms with Gasteiger partial charge in [0.1, 0.15) is 6.04 Å². The van der Waals surface area contributed by atoms with Gasteiger partial charge in [0.15, 0.2) is 0 Å². The molecule has 0 radical (unpaired) electrons. The Balaban J connectivity index is 2.18. The van der Waals surface area contributed by atoms with Gasteiger partial charge in [0.25, 0.3) is 0 Å². The Morgan fingerprint density at radius 2 is 2.22 bits per heavy atom. The summed E-state index contributed by atoms with van der Waals surface area (Å²) in [5.41, 5.74) is 2.15. The van der Waals surface area contributed by atoms with Crippen LogP contribution in [0, 0.1) is 0 Å². The molecule has 98 valence electrons. The molecule has 2 atom stereocenters. The second-order valence-electron chi connectivity index (χ2n) is 5.19. The van der Waals surface area contributed by atoms with Crippen LogP contribution in [0.1, 0.15) is 56.2 Å². The number of carbonyl (C=O) groups is 1. The number of aliphatic carboxylic acids is 1. The van der Waals surface area contributed by atoms with E-state index in [1.165, 1.54) is 18.4 Å². The van der Waals surface area contributed by atoms with Crippen molar-refractivity contribution in [3.05, 3.63) is 35.4 Å². The van der Waals surface area contributed by atoms with E-state index in [1.54, 1.807) is 0 Å². The van der Waals surface area contributed by atoms with Crippen LogP contribution in [0.5, 0.6) is 0 Å². The molecule has 2 N–H and O–H groups in total. The third kappa shape index (κ3) is 3.10. The van der Waals surface area contributed by atoms with Crippen LogP contribution in [-0.2, 0) is 4.79 Å². The molecular formula is C15H21NO2. The molecule has 2 rings (SSSR count). The fourth-order valence-electron chi connectivity index (χ4n) is 2.12. The van der Waals surface area contributed by atoms with Crippen molar-refractivity contribution in [2.75, 3.05) is 0 Å². The van der Waals surface area contributed by atoms with Crippen molar-refractivity contribution >= 4 is 5.97 Å². The standard InChI is InChI=1S/C15H21NO2/c1-3-10(2)16-14(15(17)18)13-6-4-5-12(9-13)11-7-8-11/h4-6,9-11,14,16H,3,7-8H2,1-2H3,(H,17,18). The molecule has 0 spiro atoms. The van der Waals surface area contributed by atoms with Gasteiger partial charge in [-0.1, -0.05) is 31.2 Å². The summed E-state index contributed by atoms with van der Waals surface area (Å²) in [6.45, 7) is 4.07. The van der Waals surface area contributed by atoms with Crippen LogP contribution >= 0.6 is 0 Å². The normalized spacial score (nSPS) is 18.3. The largest absolute Gasteiger partial charge is 0.480 e. The van der Waals surface area contributed by atoms with Gasteiger partial charge >= 0.3 is 5.97 Å². The van der Waals surface area contributed by atoms with Gasteiger partial charge in [0.2, 0.25) is 0 Å². The van der Waals surface area contributed by atoms with Crippen LogP contribution in [0.3, 0.4) is 0 Å². The first-order chi connectivity index (χ1) is 8.61. The number of hydrogen-bond acceptors (Lipinski definition) is 2. The maximum atomic E-state index is 11.4. The molecule has 3 heteroatoms. The zero-order valence-corrected chi connectivity index (χ0v) is 11.0. The molecule has 1 aromatic carbocycles. The quantitative estimate of drug-likeness (QED) is 0.812. The van der Waals surface area contributed by atoms with E-state index in [-0.39, 0.29) is 6.04 Å². The van der Waals surface area contributed by atoms with Crippen molar-refractivity contribution in [1.82, 2.24) is 5.32 Å². The number of carboxylic acid groups (broad SMARTS) is 1. The minimum Gasteiger partial charge on any atom is -0.480 e. The zero-order chi connectivity index (χ0) is 13.1. The van der Waals surface area contributed by atoms with Crippen molar-refractivity contribution in [2.45, 2.75) is 51.1 Å². The zero-order valence-electron chi connectivity index (χ0n) is 11.0. The van der Waals surface area contributed by atoms with Gasteiger partial charge in [0, 0.05) is 6.04 Å². The molecule has 0 saturated heterocycles. The van der Waals surface area contributed by atoms with Crippen molar-refractivity contribution in [3.63, 3.8) is 0 Å². The average molecular weight is 247 g/mol. The lowest BCUT2D eigenvalue weighted by molar-refractivity contribution is -0.139. The SMILES string of the molecule is CCC(C)NC(C(=O)O)c1cccc(C2CC2)c1. The van der Waals surface area contributed by atoms with Crippen LogP contribution in [0.2, 0.25) is 0 Å². The summed E-state index contributed by atoms with van der Waals surface area (Å²) >= 11 is 0. The number of carboxylic acids is 1. The number of benzene rings is 1.